The number of fused-ring (bicyclic) bond motifs is 1. The van der Waals surface area contributed by atoms with Crippen LogP contribution in [0.1, 0.15) is 24.9 Å². The van der Waals surface area contributed by atoms with E-state index in [-0.39, 0.29) is 5.91 Å². The van der Waals surface area contributed by atoms with Crippen LogP contribution in [-0.4, -0.2) is 51.7 Å². The highest BCUT2D eigenvalue weighted by Crippen LogP contribution is 2.16. The molecule has 10 nitrogen and oxygen atoms in total. The molecule has 0 aliphatic carbocycles. The van der Waals surface area contributed by atoms with Crippen LogP contribution < -0.4 is 16.0 Å². The van der Waals surface area contributed by atoms with Crippen LogP contribution in [0.25, 0.3) is 10.9 Å². The number of aromatic nitrogens is 1. The first-order valence-corrected chi connectivity index (χ1v) is 10.7. The summed E-state index contributed by atoms with van der Waals surface area (Å²) in [5, 5.41) is 24.3. The van der Waals surface area contributed by atoms with Crippen molar-refractivity contribution < 1.29 is 29.4 Å². The zero-order valence-corrected chi connectivity index (χ0v) is 18.7. The molecule has 0 aliphatic heterocycles. The summed E-state index contributed by atoms with van der Waals surface area (Å²) < 4.78 is 2.21. The molecule has 1 unspecified atom stereocenters. The van der Waals surface area contributed by atoms with Crippen LogP contribution >= 0.6 is 0 Å². The molecule has 0 aliphatic rings. The highest BCUT2D eigenvalue weighted by molar-refractivity contribution is 6.27. The predicted octanol–water partition coefficient (Wildman–Crippen LogP) is 2.36. The number of hydrogen-bond acceptors (Lipinski definition) is 5. The number of carbonyl (C=O) groups excluding carboxylic acids is 2. The van der Waals surface area contributed by atoms with Crippen LogP contribution in [0.4, 0.5) is 4.79 Å². The number of nitrogens with zero attached hydrogens (tertiary/aromatic N) is 1. The van der Waals surface area contributed by atoms with E-state index in [1.807, 2.05) is 49.4 Å². The Morgan fingerprint density at radius 2 is 1.56 bits per heavy atom. The van der Waals surface area contributed by atoms with Crippen LogP contribution in [0.5, 0.6) is 0 Å². The Labute approximate surface area is 196 Å². The molecule has 3 rings (SSSR count). The normalized spacial score (nSPS) is 11.1. The van der Waals surface area contributed by atoms with E-state index in [0.717, 1.165) is 18.5 Å². The van der Waals surface area contributed by atoms with Crippen LogP contribution in [0, 0.1) is 0 Å². The van der Waals surface area contributed by atoms with Gasteiger partial charge in [0.2, 0.25) is 5.91 Å². The molecule has 34 heavy (non-hydrogen) atoms. The molecule has 1 heterocycles. The summed E-state index contributed by atoms with van der Waals surface area (Å²) in [5.41, 5.74) is 2.03. The van der Waals surface area contributed by atoms with E-state index in [2.05, 4.69) is 44.9 Å². The van der Waals surface area contributed by atoms with Gasteiger partial charge in [-0.05, 0) is 43.0 Å². The Morgan fingerprint density at radius 3 is 2.21 bits per heavy atom. The minimum Gasteiger partial charge on any atom is -0.473 e. The quantitative estimate of drug-likeness (QED) is 0.252. The Hall–Kier alpha value is -4.18. The minimum atomic E-state index is -1.82. The van der Waals surface area contributed by atoms with Crippen LogP contribution in [0.2, 0.25) is 0 Å². The fourth-order valence-corrected chi connectivity index (χ4v) is 3.23. The van der Waals surface area contributed by atoms with Gasteiger partial charge < -0.3 is 25.4 Å². The fourth-order valence-electron chi connectivity index (χ4n) is 3.23. The lowest BCUT2D eigenvalue weighted by Crippen LogP contribution is -2.45. The maximum atomic E-state index is 12.6. The number of imide groups is 1. The number of benzene rings is 2. The van der Waals surface area contributed by atoms with Gasteiger partial charge in [0.05, 0.1) is 0 Å². The average Bonchev–Trinajstić information content (AvgIpc) is 3.23. The first kappa shape index (κ1) is 26.1. The molecule has 0 saturated carbocycles. The largest absolute Gasteiger partial charge is 0.473 e. The molecule has 2 aromatic carbocycles. The topological polar surface area (TPSA) is 150 Å². The molecule has 3 amide bonds. The van der Waals surface area contributed by atoms with Crippen LogP contribution in [0.15, 0.2) is 66.9 Å². The molecular weight excluding hydrogens is 440 g/mol. The van der Waals surface area contributed by atoms with Crippen molar-refractivity contribution in [3.05, 3.63) is 72.4 Å². The first-order valence-electron chi connectivity index (χ1n) is 10.7. The summed E-state index contributed by atoms with van der Waals surface area (Å²) in [6.07, 6.45) is 2.94. The lowest BCUT2D eigenvalue weighted by Gasteiger charge is -2.18. The van der Waals surface area contributed by atoms with Gasteiger partial charge in [-0.15, -0.1) is 0 Å². The molecule has 3 aromatic rings. The lowest BCUT2D eigenvalue weighted by atomic mass is 10.1. The van der Waals surface area contributed by atoms with Crippen molar-refractivity contribution in [2.75, 3.05) is 13.1 Å². The van der Waals surface area contributed by atoms with Crippen LogP contribution in [0.3, 0.4) is 0 Å². The van der Waals surface area contributed by atoms with Gasteiger partial charge in [-0.3, -0.25) is 10.1 Å². The molecule has 180 valence electrons. The third kappa shape index (κ3) is 8.06. The van der Waals surface area contributed by atoms with E-state index >= 15 is 0 Å². The van der Waals surface area contributed by atoms with Crippen molar-refractivity contribution in [3.63, 3.8) is 0 Å². The number of aliphatic carboxylic acids is 2. The number of carboxylic acid groups (broad SMARTS) is 2. The number of rotatable bonds is 8. The number of carbonyl (C=O) groups is 4. The first-order chi connectivity index (χ1) is 16.3. The van der Waals surface area contributed by atoms with Crippen molar-refractivity contribution >= 4 is 34.8 Å². The minimum absolute atomic E-state index is 0.358. The van der Waals surface area contributed by atoms with Crippen molar-refractivity contribution in [1.82, 2.24) is 20.5 Å². The van der Waals surface area contributed by atoms with E-state index in [1.165, 1.54) is 10.9 Å². The van der Waals surface area contributed by atoms with Crippen molar-refractivity contribution in [3.8, 4) is 0 Å². The number of aryl methyl sites for hydroxylation is 1. The van der Waals surface area contributed by atoms with Gasteiger partial charge in [-0.1, -0.05) is 48.5 Å². The number of carboxylic acids is 2. The zero-order valence-electron chi connectivity index (χ0n) is 18.7. The summed E-state index contributed by atoms with van der Waals surface area (Å²) in [5.74, 6) is -4.01. The van der Waals surface area contributed by atoms with Gasteiger partial charge in [-0.2, -0.15) is 0 Å². The molecule has 0 fully saturated rings. The Balaban J connectivity index is 0.000000604. The molecule has 0 spiro atoms. The number of para-hydroxylation sites is 1. The summed E-state index contributed by atoms with van der Waals surface area (Å²) in [6.45, 7) is 3.77. The van der Waals surface area contributed by atoms with E-state index in [1.54, 1.807) is 0 Å². The fraction of sp³-hybridized carbons (Fsp3) is 0.250. The van der Waals surface area contributed by atoms with E-state index < -0.39 is 24.0 Å². The van der Waals surface area contributed by atoms with E-state index in [0.29, 0.717) is 13.1 Å². The van der Waals surface area contributed by atoms with E-state index in [9.17, 15) is 9.59 Å². The van der Waals surface area contributed by atoms with Gasteiger partial charge in [0.25, 0.3) is 0 Å². The van der Waals surface area contributed by atoms with Gasteiger partial charge in [0.15, 0.2) is 0 Å². The van der Waals surface area contributed by atoms with Gasteiger partial charge in [0.1, 0.15) is 6.04 Å². The lowest BCUT2D eigenvalue weighted by molar-refractivity contribution is -0.159. The standard InChI is InChI=1S/C22H26N4O2.C2H2O4/c1-2-23-22(28)25-21(27)20(18-10-4-3-5-11-18)24-14-8-15-26-16-13-17-9-6-7-12-19(17)26;3-1(4)2(5)6/h3-7,9-13,16,20,24H,2,8,14-15H2,1H3,(H2,23,25,27,28);(H,3,4)(H,5,6). The predicted molar refractivity (Wildman–Crippen MR) is 126 cm³/mol. The highest BCUT2D eigenvalue weighted by atomic mass is 16.4. The van der Waals surface area contributed by atoms with Crippen molar-refractivity contribution in [1.29, 1.82) is 0 Å². The van der Waals surface area contributed by atoms with Crippen LogP contribution in [-0.2, 0) is 20.9 Å². The molecule has 0 radical (unpaired) electrons. The van der Waals surface area contributed by atoms with E-state index in [4.69, 9.17) is 19.8 Å². The second kappa shape index (κ2) is 13.4. The number of amides is 3. The second-order valence-corrected chi connectivity index (χ2v) is 7.18. The molecule has 1 aromatic heterocycles. The maximum absolute atomic E-state index is 12.6. The summed E-state index contributed by atoms with van der Waals surface area (Å²) in [6, 6.07) is 18.8. The third-order valence-electron chi connectivity index (χ3n) is 4.76. The highest BCUT2D eigenvalue weighted by Gasteiger charge is 2.21. The number of nitrogens with one attached hydrogen (secondary N) is 3. The van der Waals surface area contributed by atoms with Crippen molar-refractivity contribution in [2.45, 2.75) is 25.9 Å². The van der Waals surface area contributed by atoms with Gasteiger partial charge >= 0.3 is 18.0 Å². The van der Waals surface area contributed by atoms with Gasteiger partial charge in [-0.25, -0.2) is 14.4 Å². The zero-order chi connectivity index (χ0) is 24.9. The molecule has 5 N–H and O–H groups in total. The molecule has 1 atom stereocenters. The molecule has 0 saturated heterocycles. The number of urea groups is 1. The average molecular weight is 469 g/mol. The third-order valence-corrected chi connectivity index (χ3v) is 4.76. The summed E-state index contributed by atoms with van der Waals surface area (Å²) in [7, 11) is 0. The summed E-state index contributed by atoms with van der Waals surface area (Å²) >= 11 is 0. The Kier molecular flexibility index (Phi) is 10.3. The Morgan fingerprint density at radius 1 is 0.912 bits per heavy atom. The number of hydrogen-bond donors (Lipinski definition) is 5. The molecule has 10 heteroatoms. The SMILES string of the molecule is CCNC(=O)NC(=O)C(NCCCn1ccc2ccccc21)c1ccccc1.O=C(O)C(=O)O. The van der Waals surface area contributed by atoms with Gasteiger partial charge in [0, 0.05) is 24.8 Å². The maximum Gasteiger partial charge on any atom is 0.414 e. The second-order valence-electron chi connectivity index (χ2n) is 7.18. The monoisotopic (exact) mass is 468 g/mol. The van der Waals surface area contributed by atoms with Crippen molar-refractivity contribution in [2.24, 2.45) is 0 Å². The molecule has 0 bridgehead atoms. The Bertz CT molecular complexity index is 1100. The smallest absolute Gasteiger partial charge is 0.414 e. The summed E-state index contributed by atoms with van der Waals surface area (Å²) in [4.78, 5) is 42.5. The molecular formula is C24H28N4O6.